The van der Waals surface area contributed by atoms with Crippen LogP contribution in [0.5, 0.6) is 0 Å². The van der Waals surface area contributed by atoms with Gasteiger partial charge in [-0.2, -0.15) is 0 Å². The second-order valence-corrected chi connectivity index (χ2v) is 4.65. The Kier molecular flexibility index (Phi) is 3.42. The van der Waals surface area contributed by atoms with Gasteiger partial charge in [-0.25, -0.2) is 9.78 Å². The lowest BCUT2D eigenvalue weighted by Gasteiger charge is -2.12. The van der Waals surface area contributed by atoms with E-state index < -0.39 is 12.1 Å². The van der Waals surface area contributed by atoms with Crippen LogP contribution in [0.2, 0.25) is 0 Å². The normalized spacial score (nSPS) is 24.6. The van der Waals surface area contributed by atoms with E-state index in [1.54, 1.807) is 6.07 Å². The molecule has 0 amide bonds. The van der Waals surface area contributed by atoms with Crippen molar-refractivity contribution in [1.29, 1.82) is 0 Å². The van der Waals surface area contributed by atoms with Gasteiger partial charge in [-0.1, -0.05) is 11.8 Å². The molecule has 6 heteroatoms. The molecular formula is C10H11NO4S. The van der Waals surface area contributed by atoms with E-state index in [0.717, 1.165) is 0 Å². The molecule has 0 saturated carbocycles. The molecule has 16 heavy (non-hydrogen) atoms. The first-order valence-electron chi connectivity index (χ1n) is 4.79. The summed E-state index contributed by atoms with van der Waals surface area (Å²) in [5.74, 6) is -1.01. The van der Waals surface area contributed by atoms with Crippen LogP contribution in [0.3, 0.4) is 0 Å². The molecule has 2 rings (SSSR count). The number of thioether (sulfide) groups is 1. The first-order valence-corrected chi connectivity index (χ1v) is 5.67. The molecule has 0 spiro atoms. The molecule has 0 aliphatic carbocycles. The zero-order valence-corrected chi connectivity index (χ0v) is 9.18. The Morgan fingerprint density at radius 1 is 1.56 bits per heavy atom. The minimum atomic E-state index is -1.01. The molecule has 1 aromatic heterocycles. The van der Waals surface area contributed by atoms with Gasteiger partial charge in [-0.3, -0.25) is 0 Å². The maximum atomic E-state index is 10.9. The smallest absolute Gasteiger partial charge is 0.338 e. The van der Waals surface area contributed by atoms with Crippen molar-refractivity contribution in [3.8, 4) is 0 Å². The fourth-order valence-corrected chi connectivity index (χ4v) is 2.52. The highest BCUT2D eigenvalue weighted by molar-refractivity contribution is 8.00. The second kappa shape index (κ2) is 4.82. The molecule has 5 nitrogen and oxygen atoms in total. The van der Waals surface area contributed by atoms with Gasteiger partial charge in [0.05, 0.1) is 30.1 Å². The van der Waals surface area contributed by atoms with Crippen molar-refractivity contribution in [2.24, 2.45) is 0 Å². The van der Waals surface area contributed by atoms with E-state index in [1.807, 2.05) is 0 Å². The third kappa shape index (κ3) is 2.34. The van der Waals surface area contributed by atoms with Crippen molar-refractivity contribution in [2.45, 2.75) is 16.4 Å². The van der Waals surface area contributed by atoms with E-state index in [1.165, 1.54) is 24.0 Å². The van der Waals surface area contributed by atoms with Crippen molar-refractivity contribution >= 4 is 17.7 Å². The fraction of sp³-hybridized carbons (Fsp3) is 0.400. The van der Waals surface area contributed by atoms with E-state index in [0.29, 0.717) is 18.2 Å². The molecule has 0 radical (unpaired) electrons. The number of aliphatic hydroxyl groups is 1. The maximum absolute atomic E-state index is 10.9. The number of aliphatic hydroxyl groups excluding tert-OH is 1. The largest absolute Gasteiger partial charge is 0.478 e. The average Bonchev–Trinajstić information content (AvgIpc) is 2.65. The molecular weight excluding hydrogens is 230 g/mol. The van der Waals surface area contributed by atoms with Gasteiger partial charge in [-0.05, 0) is 12.1 Å². The Bertz CT molecular complexity index is 398. The summed E-state index contributed by atoms with van der Waals surface area (Å²) in [5.41, 5.74) is 0.159. The number of carboxylic acids is 1. The highest BCUT2D eigenvalue weighted by Crippen LogP contribution is 2.29. The lowest BCUT2D eigenvalue weighted by Crippen LogP contribution is -2.20. The Labute approximate surface area is 96.5 Å². The van der Waals surface area contributed by atoms with E-state index in [-0.39, 0.29) is 10.8 Å². The number of pyridine rings is 1. The lowest BCUT2D eigenvalue weighted by atomic mass is 10.3. The molecule has 1 aliphatic rings. The molecule has 2 heterocycles. The molecule has 1 saturated heterocycles. The SMILES string of the molecule is O=C(O)c1cccnc1S[C@@H]1COC[C@H]1O. The summed E-state index contributed by atoms with van der Waals surface area (Å²) in [6.45, 7) is 0.717. The Hall–Kier alpha value is -1.11. The van der Waals surface area contributed by atoms with Gasteiger partial charge in [0.15, 0.2) is 0 Å². The minimum Gasteiger partial charge on any atom is -0.478 e. The topological polar surface area (TPSA) is 79.7 Å². The highest BCUT2D eigenvalue weighted by atomic mass is 32.2. The van der Waals surface area contributed by atoms with Crippen LogP contribution in [0, 0.1) is 0 Å². The van der Waals surface area contributed by atoms with Crippen LogP contribution >= 0.6 is 11.8 Å². The van der Waals surface area contributed by atoms with Crippen LogP contribution in [0.1, 0.15) is 10.4 Å². The summed E-state index contributed by atoms with van der Waals surface area (Å²) in [6.07, 6.45) is 0.977. The second-order valence-electron chi connectivity index (χ2n) is 3.42. The van der Waals surface area contributed by atoms with Gasteiger partial charge in [-0.15, -0.1) is 0 Å². The van der Waals surface area contributed by atoms with Crippen molar-refractivity contribution in [2.75, 3.05) is 13.2 Å². The lowest BCUT2D eigenvalue weighted by molar-refractivity contribution is 0.0692. The number of carbonyl (C=O) groups is 1. The quantitative estimate of drug-likeness (QED) is 0.808. The summed E-state index contributed by atoms with van der Waals surface area (Å²) in [6, 6.07) is 3.08. The zero-order valence-electron chi connectivity index (χ0n) is 8.37. The standard InChI is InChI=1S/C10H11NO4S/c12-7-4-15-5-8(7)16-9-6(10(13)14)2-1-3-11-9/h1-3,7-8,12H,4-5H2,(H,13,14)/t7-,8-/m1/s1. The van der Waals surface area contributed by atoms with Gasteiger partial charge in [0.1, 0.15) is 5.03 Å². The molecule has 1 aliphatic heterocycles. The number of nitrogens with zero attached hydrogens (tertiary/aromatic N) is 1. The first-order chi connectivity index (χ1) is 7.68. The zero-order chi connectivity index (χ0) is 11.5. The van der Waals surface area contributed by atoms with Gasteiger partial charge in [0, 0.05) is 6.20 Å². The molecule has 86 valence electrons. The molecule has 0 bridgehead atoms. The predicted octanol–water partition coefficient (Wildman–Crippen LogP) is 0.632. The maximum Gasteiger partial charge on any atom is 0.338 e. The monoisotopic (exact) mass is 241 g/mol. The number of hydrogen-bond donors (Lipinski definition) is 2. The summed E-state index contributed by atoms with van der Waals surface area (Å²) >= 11 is 1.25. The predicted molar refractivity (Wildman–Crippen MR) is 57.7 cm³/mol. The highest BCUT2D eigenvalue weighted by Gasteiger charge is 2.28. The summed E-state index contributed by atoms with van der Waals surface area (Å²) in [7, 11) is 0. The summed E-state index contributed by atoms with van der Waals surface area (Å²) in [5, 5.41) is 18.8. The Morgan fingerprint density at radius 3 is 3.00 bits per heavy atom. The Balaban J connectivity index is 2.17. The van der Waals surface area contributed by atoms with Crippen LogP contribution in [0.15, 0.2) is 23.4 Å². The fourth-order valence-electron chi connectivity index (χ4n) is 1.43. The number of aromatic nitrogens is 1. The van der Waals surface area contributed by atoms with Crippen LogP contribution in [0.25, 0.3) is 0 Å². The average molecular weight is 241 g/mol. The third-order valence-corrected chi connectivity index (χ3v) is 3.57. The van der Waals surface area contributed by atoms with E-state index >= 15 is 0 Å². The van der Waals surface area contributed by atoms with Crippen LogP contribution in [-0.2, 0) is 4.74 Å². The van der Waals surface area contributed by atoms with Crippen LogP contribution in [-0.4, -0.2) is 45.7 Å². The molecule has 1 aromatic rings. The van der Waals surface area contributed by atoms with E-state index in [2.05, 4.69) is 4.98 Å². The van der Waals surface area contributed by atoms with Gasteiger partial charge >= 0.3 is 5.97 Å². The number of carboxylic acid groups (broad SMARTS) is 1. The first kappa shape index (κ1) is 11.4. The number of aromatic carboxylic acids is 1. The van der Waals surface area contributed by atoms with Gasteiger partial charge in [0.2, 0.25) is 0 Å². The number of rotatable bonds is 3. The van der Waals surface area contributed by atoms with Gasteiger partial charge in [0.25, 0.3) is 0 Å². The van der Waals surface area contributed by atoms with Gasteiger partial charge < -0.3 is 14.9 Å². The third-order valence-electron chi connectivity index (χ3n) is 2.26. The van der Waals surface area contributed by atoms with E-state index in [4.69, 9.17) is 9.84 Å². The summed E-state index contributed by atoms with van der Waals surface area (Å²) < 4.78 is 5.10. The molecule has 2 N–H and O–H groups in total. The van der Waals surface area contributed by atoms with Crippen LogP contribution in [0.4, 0.5) is 0 Å². The Morgan fingerprint density at radius 2 is 2.38 bits per heavy atom. The number of hydrogen-bond acceptors (Lipinski definition) is 5. The van der Waals surface area contributed by atoms with Crippen molar-refractivity contribution in [1.82, 2.24) is 4.98 Å². The van der Waals surface area contributed by atoms with Crippen molar-refractivity contribution in [3.05, 3.63) is 23.9 Å². The van der Waals surface area contributed by atoms with Crippen molar-refractivity contribution < 1.29 is 19.7 Å². The van der Waals surface area contributed by atoms with Crippen molar-refractivity contribution in [3.63, 3.8) is 0 Å². The summed E-state index contributed by atoms with van der Waals surface area (Å²) in [4.78, 5) is 14.9. The van der Waals surface area contributed by atoms with Crippen LogP contribution < -0.4 is 0 Å². The minimum absolute atomic E-state index is 0.145. The molecule has 2 atom stereocenters. The molecule has 1 fully saturated rings. The molecule has 0 aromatic carbocycles. The van der Waals surface area contributed by atoms with E-state index in [9.17, 15) is 9.90 Å². The number of ether oxygens (including phenoxy) is 1. The molecule has 0 unspecified atom stereocenters.